The summed E-state index contributed by atoms with van der Waals surface area (Å²) in [7, 11) is 0. The summed E-state index contributed by atoms with van der Waals surface area (Å²) in [4.78, 5) is 36.6. The molecule has 0 unspecified atom stereocenters. The molecule has 268 valence electrons. The molecule has 3 aromatic rings. The molecule has 0 radical (unpaired) electrons. The molecule has 0 spiro atoms. The van der Waals surface area contributed by atoms with Gasteiger partial charge >= 0.3 is 12.4 Å². The Morgan fingerprint density at radius 2 is 1.78 bits per heavy atom. The fourth-order valence-corrected chi connectivity index (χ4v) is 6.02. The number of alkyl halides is 8. The Labute approximate surface area is 275 Å². The standard InChI is InChI=1S/C32H35F8N5O4/c1-30(15-48-16-30)28(47)41-13-18-7-10-21(32(38,39)40)22(11-18)42-29-43-23-12-20(27(44-26(23)45-29)49-14-25(33)34)24(46)4-2-3-17-5-8-19(9-6-17)31(35,36)37/h7,10-12,17,19,25H,2-6,8-9,13-16H2,1H3,(H,41,47)(H2,42,43,44,45). The van der Waals surface area contributed by atoms with Crippen molar-refractivity contribution in [3.8, 4) is 5.88 Å². The average Bonchev–Trinajstić information content (AvgIpc) is 3.41. The molecule has 1 aromatic carbocycles. The largest absolute Gasteiger partial charge is 0.471 e. The van der Waals surface area contributed by atoms with Gasteiger partial charge in [0, 0.05) is 13.0 Å². The summed E-state index contributed by atoms with van der Waals surface area (Å²) >= 11 is 0. The Kier molecular flexibility index (Phi) is 10.7. The lowest BCUT2D eigenvalue weighted by Crippen LogP contribution is -2.51. The second-order valence-electron chi connectivity index (χ2n) is 12.8. The van der Waals surface area contributed by atoms with E-state index in [1.807, 2.05) is 0 Å². The molecule has 2 fully saturated rings. The number of hydrogen-bond donors (Lipinski definition) is 3. The first-order chi connectivity index (χ1) is 23.0. The molecule has 0 atom stereocenters. The first kappa shape index (κ1) is 36.3. The zero-order valence-corrected chi connectivity index (χ0v) is 26.4. The molecule has 1 aliphatic heterocycles. The number of Topliss-reactive ketones (excluding diaryl/α,β-unsaturated/α-hetero) is 1. The van der Waals surface area contributed by atoms with Crippen LogP contribution in [0.5, 0.6) is 5.88 Å². The number of halogens is 8. The smallest absolute Gasteiger partial charge is 0.418 e. The molecule has 49 heavy (non-hydrogen) atoms. The van der Waals surface area contributed by atoms with Crippen LogP contribution in [0.3, 0.4) is 0 Å². The molecule has 17 heteroatoms. The molecule has 3 heterocycles. The van der Waals surface area contributed by atoms with Gasteiger partial charge in [-0.3, -0.25) is 9.59 Å². The van der Waals surface area contributed by atoms with Crippen LogP contribution in [0.1, 0.15) is 73.4 Å². The molecule has 1 aliphatic carbocycles. The number of imidazole rings is 1. The van der Waals surface area contributed by atoms with E-state index in [0.29, 0.717) is 31.2 Å². The van der Waals surface area contributed by atoms with E-state index in [1.165, 1.54) is 18.2 Å². The molecular weight excluding hydrogens is 670 g/mol. The first-order valence-electron chi connectivity index (χ1n) is 15.8. The number of H-pyrrole nitrogens is 1. The van der Waals surface area contributed by atoms with Crippen molar-refractivity contribution in [2.75, 3.05) is 25.1 Å². The number of carbonyl (C=O) groups excluding carboxylic acids is 2. The molecule has 1 amide bonds. The van der Waals surface area contributed by atoms with Crippen molar-refractivity contribution in [3.63, 3.8) is 0 Å². The minimum absolute atomic E-state index is 0.0276. The van der Waals surface area contributed by atoms with Gasteiger partial charge in [-0.05, 0) is 68.7 Å². The molecule has 2 aliphatic rings. The second-order valence-corrected chi connectivity index (χ2v) is 12.8. The number of ketones is 1. The number of fused-ring (bicyclic) bond motifs is 1. The maximum absolute atomic E-state index is 13.9. The number of nitrogens with one attached hydrogen (secondary N) is 3. The molecule has 3 N–H and O–H groups in total. The van der Waals surface area contributed by atoms with E-state index in [2.05, 4.69) is 25.6 Å². The van der Waals surface area contributed by atoms with Crippen LogP contribution in [-0.2, 0) is 22.3 Å². The summed E-state index contributed by atoms with van der Waals surface area (Å²) in [5, 5.41) is 5.27. The van der Waals surface area contributed by atoms with E-state index in [0.717, 1.165) is 6.07 Å². The van der Waals surface area contributed by atoms with Crippen LogP contribution >= 0.6 is 0 Å². The third-order valence-electron chi connectivity index (χ3n) is 8.90. The molecule has 0 bridgehead atoms. The Balaban J connectivity index is 1.31. The minimum Gasteiger partial charge on any atom is -0.471 e. The van der Waals surface area contributed by atoms with Crippen LogP contribution in [-0.4, -0.2) is 59.1 Å². The highest BCUT2D eigenvalue weighted by atomic mass is 19.4. The number of aromatic amines is 1. The lowest BCUT2D eigenvalue weighted by atomic mass is 9.79. The fraction of sp³-hybridized carbons (Fsp3) is 0.562. The van der Waals surface area contributed by atoms with Gasteiger partial charge in [-0.1, -0.05) is 12.5 Å². The highest BCUT2D eigenvalue weighted by Crippen LogP contribution is 2.41. The van der Waals surface area contributed by atoms with Crippen molar-refractivity contribution in [1.82, 2.24) is 20.3 Å². The Morgan fingerprint density at radius 1 is 1.06 bits per heavy atom. The minimum atomic E-state index is -4.77. The zero-order valence-electron chi connectivity index (χ0n) is 26.4. The van der Waals surface area contributed by atoms with Gasteiger partial charge in [0.2, 0.25) is 17.7 Å². The first-order valence-corrected chi connectivity index (χ1v) is 15.8. The van der Waals surface area contributed by atoms with Crippen LogP contribution in [0.15, 0.2) is 24.3 Å². The number of carbonyl (C=O) groups is 2. The van der Waals surface area contributed by atoms with Gasteiger partial charge in [-0.2, -0.15) is 36.3 Å². The Morgan fingerprint density at radius 3 is 2.39 bits per heavy atom. The van der Waals surface area contributed by atoms with Gasteiger partial charge in [0.05, 0.1) is 46.9 Å². The average molecular weight is 706 g/mol. The van der Waals surface area contributed by atoms with Crippen LogP contribution in [0, 0.1) is 17.3 Å². The van der Waals surface area contributed by atoms with Gasteiger partial charge < -0.3 is 25.1 Å². The predicted molar refractivity (Wildman–Crippen MR) is 161 cm³/mol. The van der Waals surface area contributed by atoms with Gasteiger partial charge in [-0.25, -0.2) is 8.78 Å². The highest BCUT2D eigenvalue weighted by molar-refractivity contribution is 6.00. The number of benzene rings is 1. The number of ether oxygens (including phenoxy) is 2. The Hall–Kier alpha value is -4.02. The van der Waals surface area contributed by atoms with Crippen LogP contribution in [0.2, 0.25) is 0 Å². The summed E-state index contributed by atoms with van der Waals surface area (Å²) in [6.07, 6.45) is -10.2. The molecule has 1 saturated heterocycles. The highest BCUT2D eigenvalue weighted by Gasteiger charge is 2.42. The molecule has 9 nitrogen and oxygen atoms in total. The summed E-state index contributed by atoms with van der Waals surface area (Å²) in [6, 6.07) is 4.55. The number of nitrogens with zero attached hydrogens (tertiary/aromatic N) is 2. The lowest BCUT2D eigenvalue weighted by molar-refractivity contribution is -0.184. The number of hydrogen-bond acceptors (Lipinski definition) is 7. The van der Waals surface area contributed by atoms with E-state index in [4.69, 9.17) is 9.47 Å². The van der Waals surface area contributed by atoms with Gasteiger partial charge in [-0.15, -0.1) is 0 Å². The maximum Gasteiger partial charge on any atom is 0.418 e. The number of aromatic nitrogens is 3. The summed E-state index contributed by atoms with van der Waals surface area (Å²) in [6.45, 7) is 1.03. The maximum atomic E-state index is 13.9. The predicted octanol–water partition coefficient (Wildman–Crippen LogP) is 7.74. The van der Waals surface area contributed by atoms with Crippen molar-refractivity contribution < 1.29 is 54.2 Å². The van der Waals surface area contributed by atoms with Crippen molar-refractivity contribution in [2.24, 2.45) is 17.3 Å². The summed E-state index contributed by atoms with van der Waals surface area (Å²) in [5.74, 6) is -2.74. The van der Waals surface area contributed by atoms with Crippen LogP contribution < -0.4 is 15.4 Å². The van der Waals surface area contributed by atoms with E-state index in [9.17, 15) is 44.7 Å². The van der Waals surface area contributed by atoms with Gasteiger partial charge in [0.15, 0.2) is 18.0 Å². The number of amides is 1. The normalized spacial score (nSPS) is 19.5. The van der Waals surface area contributed by atoms with Crippen molar-refractivity contribution in [3.05, 3.63) is 41.0 Å². The van der Waals surface area contributed by atoms with Crippen molar-refractivity contribution >= 4 is 34.5 Å². The van der Waals surface area contributed by atoms with Crippen LogP contribution in [0.4, 0.5) is 46.8 Å². The third kappa shape index (κ3) is 8.97. The molecule has 2 aromatic heterocycles. The number of anilines is 2. The van der Waals surface area contributed by atoms with Crippen LogP contribution in [0.25, 0.3) is 11.2 Å². The second kappa shape index (κ2) is 14.5. The van der Waals surface area contributed by atoms with E-state index >= 15 is 0 Å². The summed E-state index contributed by atoms with van der Waals surface area (Å²) < 4.78 is 117. The van der Waals surface area contributed by atoms with E-state index < -0.39 is 59.6 Å². The summed E-state index contributed by atoms with van der Waals surface area (Å²) in [5.41, 5.74) is -1.96. The van der Waals surface area contributed by atoms with Gasteiger partial charge in [0.25, 0.3) is 6.43 Å². The van der Waals surface area contributed by atoms with Crippen molar-refractivity contribution in [2.45, 2.75) is 77.2 Å². The zero-order chi connectivity index (χ0) is 35.6. The number of pyridine rings is 1. The molecule has 5 rings (SSSR count). The quantitative estimate of drug-likeness (QED) is 0.123. The lowest BCUT2D eigenvalue weighted by Gasteiger charge is -2.36. The Bertz CT molecular complexity index is 1650. The number of rotatable bonds is 13. The van der Waals surface area contributed by atoms with Crippen molar-refractivity contribution in [1.29, 1.82) is 0 Å². The molecular formula is C32H35F8N5O4. The fourth-order valence-electron chi connectivity index (χ4n) is 6.02. The monoisotopic (exact) mass is 705 g/mol. The van der Waals surface area contributed by atoms with Gasteiger partial charge in [0.1, 0.15) is 0 Å². The molecule has 1 saturated carbocycles. The van der Waals surface area contributed by atoms with E-state index in [1.54, 1.807) is 6.92 Å². The van der Waals surface area contributed by atoms with E-state index in [-0.39, 0.29) is 73.5 Å². The topological polar surface area (TPSA) is 118 Å². The third-order valence-corrected chi connectivity index (χ3v) is 8.90. The SMILES string of the molecule is CC1(C(=O)NCc2ccc(C(F)(F)F)c(Nc3nc4nc(OCC(F)F)c(C(=O)CCCC5CCC(C(F)(F)F)CC5)cc4[nH]3)c2)COC1.